The van der Waals surface area contributed by atoms with Gasteiger partial charge in [-0.1, -0.05) is 25.1 Å². The molecule has 1 atom stereocenters. The number of aryl methyl sites for hydroxylation is 1. The molecule has 0 bridgehead atoms. The minimum atomic E-state index is -0.463. The zero-order valence-electron chi connectivity index (χ0n) is 13.4. The highest BCUT2D eigenvalue weighted by Gasteiger charge is 2.23. The fourth-order valence-electron chi connectivity index (χ4n) is 2.58. The molecule has 0 aromatic carbocycles. The van der Waals surface area contributed by atoms with E-state index in [2.05, 4.69) is 9.97 Å². The Balaban J connectivity index is 2.03. The van der Waals surface area contributed by atoms with Crippen molar-refractivity contribution in [2.24, 2.45) is 0 Å². The van der Waals surface area contributed by atoms with Crippen LogP contribution in [0.3, 0.4) is 0 Å². The fraction of sp³-hybridized carbons (Fsp3) is 0.625. The highest BCUT2D eigenvalue weighted by molar-refractivity contribution is 8.00. The van der Waals surface area contributed by atoms with Crippen LogP contribution >= 0.6 is 11.8 Å². The van der Waals surface area contributed by atoms with Crippen LogP contribution in [0.4, 0.5) is 0 Å². The normalized spacial score (nSPS) is 16.6. The van der Waals surface area contributed by atoms with E-state index in [4.69, 9.17) is 10.00 Å². The number of hydrogen-bond donors (Lipinski definition) is 1. The molecule has 23 heavy (non-hydrogen) atoms. The summed E-state index contributed by atoms with van der Waals surface area (Å²) < 4.78 is 5.53. The first kappa shape index (κ1) is 17.5. The average Bonchev–Trinajstić information content (AvgIpc) is 2.55. The van der Waals surface area contributed by atoms with E-state index in [-0.39, 0.29) is 17.6 Å². The number of nitriles is 1. The van der Waals surface area contributed by atoms with Crippen LogP contribution in [-0.4, -0.2) is 27.3 Å². The Morgan fingerprint density at radius 1 is 1.48 bits per heavy atom. The summed E-state index contributed by atoms with van der Waals surface area (Å²) in [6, 6.07) is 1.87. The van der Waals surface area contributed by atoms with E-state index < -0.39 is 10.8 Å². The Morgan fingerprint density at radius 3 is 2.78 bits per heavy atom. The summed E-state index contributed by atoms with van der Waals surface area (Å²) in [5, 5.41) is 8.87. The summed E-state index contributed by atoms with van der Waals surface area (Å²) in [5.74, 6) is -0.285. The number of rotatable bonds is 5. The maximum absolute atomic E-state index is 12.2. The zero-order chi connectivity index (χ0) is 16.8. The van der Waals surface area contributed by atoms with E-state index in [0.29, 0.717) is 17.3 Å². The van der Waals surface area contributed by atoms with Crippen molar-refractivity contribution in [1.29, 1.82) is 5.26 Å². The molecule has 0 unspecified atom stereocenters. The van der Waals surface area contributed by atoms with Gasteiger partial charge in [-0.2, -0.15) is 5.26 Å². The van der Waals surface area contributed by atoms with E-state index in [1.54, 1.807) is 6.92 Å². The van der Waals surface area contributed by atoms with Gasteiger partial charge in [0.25, 0.3) is 5.56 Å². The minimum Gasteiger partial charge on any atom is -0.462 e. The summed E-state index contributed by atoms with van der Waals surface area (Å²) in [4.78, 5) is 30.9. The van der Waals surface area contributed by atoms with Gasteiger partial charge in [-0.15, -0.1) is 0 Å². The van der Waals surface area contributed by atoms with Crippen molar-refractivity contribution in [2.75, 3.05) is 0 Å². The van der Waals surface area contributed by atoms with Crippen molar-refractivity contribution in [2.45, 2.75) is 68.9 Å². The van der Waals surface area contributed by atoms with Gasteiger partial charge in [-0.3, -0.25) is 9.59 Å². The number of hydrogen-bond acceptors (Lipinski definition) is 6. The molecule has 0 saturated heterocycles. The van der Waals surface area contributed by atoms with Crippen molar-refractivity contribution >= 4 is 17.7 Å². The summed E-state index contributed by atoms with van der Waals surface area (Å²) in [5.41, 5.74) is 0.0237. The Labute approximate surface area is 139 Å². The second-order valence-corrected chi connectivity index (χ2v) is 6.94. The maximum atomic E-state index is 12.2. The largest absolute Gasteiger partial charge is 0.462 e. The molecule has 6 nitrogen and oxygen atoms in total. The third-order valence-electron chi connectivity index (χ3n) is 3.87. The minimum absolute atomic E-state index is 0.0125. The van der Waals surface area contributed by atoms with Crippen LogP contribution in [0.2, 0.25) is 0 Å². The molecular formula is C16H21N3O3S. The number of aromatic amines is 1. The molecule has 1 aliphatic rings. The van der Waals surface area contributed by atoms with Gasteiger partial charge < -0.3 is 9.72 Å². The van der Waals surface area contributed by atoms with Gasteiger partial charge in [0.15, 0.2) is 5.16 Å². The average molecular weight is 335 g/mol. The lowest BCUT2D eigenvalue weighted by Gasteiger charge is -2.23. The quantitative estimate of drug-likeness (QED) is 0.505. The second kappa shape index (κ2) is 8.16. The lowest BCUT2D eigenvalue weighted by atomic mass is 9.98. The molecule has 1 aromatic heterocycles. The van der Waals surface area contributed by atoms with Crippen molar-refractivity contribution < 1.29 is 9.53 Å². The van der Waals surface area contributed by atoms with Crippen LogP contribution < -0.4 is 5.56 Å². The topological polar surface area (TPSA) is 95.8 Å². The Kier molecular flexibility index (Phi) is 6.22. The Bertz CT molecular complexity index is 660. The molecule has 2 rings (SSSR count). The molecule has 0 amide bonds. The van der Waals surface area contributed by atoms with E-state index in [9.17, 15) is 9.59 Å². The molecule has 124 valence electrons. The van der Waals surface area contributed by atoms with Crippen molar-refractivity contribution in [3.05, 3.63) is 21.6 Å². The smallest absolute Gasteiger partial charge is 0.319 e. The van der Waals surface area contributed by atoms with Gasteiger partial charge in [0, 0.05) is 0 Å². The Morgan fingerprint density at radius 2 is 2.17 bits per heavy atom. The lowest BCUT2D eigenvalue weighted by molar-refractivity contribution is -0.149. The van der Waals surface area contributed by atoms with E-state index >= 15 is 0 Å². The lowest BCUT2D eigenvalue weighted by Crippen LogP contribution is -2.26. The van der Waals surface area contributed by atoms with Gasteiger partial charge in [-0.05, 0) is 39.0 Å². The van der Waals surface area contributed by atoms with Crippen LogP contribution in [0.25, 0.3) is 0 Å². The van der Waals surface area contributed by atoms with Crippen LogP contribution in [0, 0.1) is 11.3 Å². The molecule has 1 aromatic rings. The predicted octanol–water partition coefficient (Wildman–Crippen LogP) is 2.56. The molecule has 1 fully saturated rings. The molecular weight excluding hydrogens is 314 g/mol. The zero-order valence-corrected chi connectivity index (χ0v) is 14.2. The van der Waals surface area contributed by atoms with Gasteiger partial charge in [-0.25, -0.2) is 4.98 Å². The number of esters is 1. The maximum Gasteiger partial charge on any atom is 0.319 e. The molecule has 1 aliphatic carbocycles. The van der Waals surface area contributed by atoms with Crippen LogP contribution in [0.15, 0.2) is 9.95 Å². The highest BCUT2D eigenvalue weighted by Crippen LogP contribution is 2.24. The van der Waals surface area contributed by atoms with Gasteiger partial charge >= 0.3 is 5.97 Å². The number of thioether (sulfide) groups is 1. The number of carbonyl (C=O) groups is 1. The molecule has 0 radical (unpaired) electrons. The van der Waals surface area contributed by atoms with Crippen molar-refractivity contribution in [3.63, 3.8) is 0 Å². The monoisotopic (exact) mass is 335 g/mol. The standard InChI is InChI=1S/C16H21N3O3S/c1-3-13-12(9-17)14(20)19-16(18-13)23-10(2)15(21)22-11-7-5-4-6-8-11/h10-11H,3-8H2,1-2H3,(H,18,19,20)/t10-/m0/s1. The highest BCUT2D eigenvalue weighted by atomic mass is 32.2. The van der Waals surface area contributed by atoms with Crippen LogP contribution in [0.5, 0.6) is 0 Å². The van der Waals surface area contributed by atoms with Gasteiger partial charge in [0.1, 0.15) is 23.0 Å². The second-order valence-electron chi connectivity index (χ2n) is 5.62. The number of aromatic nitrogens is 2. The third kappa shape index (κ3) is 4.58. The summed E-state index contributed by atoms with van der Waals surface area (Å²) in [6.45, 7) is 3.57. The molecule has 1 heterocycles. The first-order chi connectivity index (χ1) is 11.0. The fourth-order valence-corrected chi connectivity index (χ4v) is 3.38. The van der Waals surface area contributed by atoms with E-state index in [1.165, 1.54) is 6.42 Å². The SMILES string of the molecule is CCc1nc(S[C@@H](C)C(=O)OC2CCCCC2)[nH]c(=O)c1C#N. The summed E-state index contributed by atoms with van der Waals surface area (Å²) >= 11 is 1.15. The number of H-pyrrole nitrogens is 1. The Hall–Kier alpha value is -1.81. The molecule has 7 heteroatoms. The van der Waals surface area contributed by atoms with E-state index in [0.717, 1.165) is 37.4 Å². The van der Waals surface area contributed by atoms with Crippen molar-refractivity contribution in [3.8, 4) is 6.07 Å². The summed E-state index contributed by atoms with van der Waals surface area (Å²) in [7, 11) is 0. The molecule has 0 aliphatic heterocycles. The first-order valence-electron chi connectivity index (χ1n) is 7.95. The van der Waals surface area contributed by atoms with Gasteiger partial charge in [0.2, 0.25) is 0 Å². The summed E-state index contributed by atoms with van der Waals surface area (Å²) in [6.07, 6.45) is 5.76. The van der Waals surface area contributed by atoms with Crippen molar-refractivity contribution in [1.82, 2.24) is 9.97 Å². The predicted molar refractivity (Wildman–Crippen MR) is 87.2 cm³/mol. The number of nitrogens with one attached hydrogen (secondary N) is 1. The molecule has 1 saturated carbocycles. The van der Waals surface area contributed by atoms with Crippen LogP contribution in [0.1, 0.15) is 57.2 Å². The van der Waals surface area contributed by atoms with Crippen LogP contribution in [-0.2, 0) is 16.0 Å². The third-order valence-corrected chi connectivity index (χ3v) is 4.84. The van der Waals surface area contributed by atoms with E-state index in [1.807, 2.05) is 13.0 Å². The number of ether oxygens (including phenoxy) is 1. The van der Waals surface area contributed by atoms with Gasteiger partial charge in [0.05, 0.1) is 5.69 Å². The first-order valence-corrected chi connectivity index (χ1v) is 8.83. The number of nitrogens with zero attached hydrogens (tertiary/aromatic N) is 2. The number of carbonyl (C=O) groups excluding carboxylic acids is 1. The molecule has 1 N–H and O–H groups in total. The molecule has 0 spiro atoms.